The third-order valence-electron chi connectivity index (χ3n) is 13.0. The van der Waals surface area contributed by atoms with Crippen LogP contribution in [0.25, 0.3) is 0 Å². The Morgan fingerprint density at radius 3 is 0.938 bits per heavy atom. The minimum atomic E-state index is -4.38. The molecule has 0 heterocycles. The summed E-state index contributed by atoms with van der Waals surface area (Å²) in [6.07, 6.45) is 57.3. The van der Waals surface area contributed by atoms with Crippen LogP contribution in [0.2, 0.25) is 0 Å². The molecule has 0 aromatic rings. The number of hydrogen-bond acceptors (Lipinski definition) is 8. The van der Waals surface area contributed by atoms with Crippen LogP contribution in [-0.2, 0) is 32.7 Å². The Balaban J connectivity index is 3.92. The van der Waals surface area contributed by atoms with Crippen LogP contribution >= 0.6 is 7.82 Å². The number of hydrogen-bond donors (Lipinski definition) is 2. The number of carbonyl (C=O) groups excluding carboxylic acids is 2. The van der Waals surface area contributed by atoms with Crippen molar-refractivity contribution >= 4 is 19.8 Å². The summed E-state index contributed by atoms with van der Waals surface area (Å²) in [4.78, 5) is 35.1. The van der Waals surface area contributed by atoms with Crippen LogP contribution in [0.4, 0.5) is 0 Å². The summed E-state index contributed by atoms with van der Waals surface area (Å²) in [6.45, 7) is 3.82. The van der Waals surface area contributed by atoms with Gasteiger partial charge in [-0.3, -0.25) is 18.6 Å². The van der Waals surface area contributed by atoms with Crippen molar-refractivity contribution in [2.24, 2.45) is 5.73 Å². The zero-order valence-corrected chi connectivity index (χ0v) is 44.2. The maximum Gasteiger partial charge on any atom is 0.472 e. The van der Waals surface area contributed by atoms with Crippen LogP contribution in [-0.4, -0.2) is 49.3 Å². The summed E-state index contributed by atoms with van der Waals surface area (Å²) < 4.78 is 33.0. The number of carbonyl (C=O) groups is 2. The van der Waals surface area contributed by atoms with Crippen molar-refractivity contribution in [2.45, 2.75) is 315 Å². The fourth-order valence-corrected chi connectivity index (χ4v) is 9.52. The van der Waals surface area contributed by atoms with Gasteiger partial charge in [0.15, 0.2) is 6.10 Å². The molecular formula is C55H110NO8P. The molecule has 0 aliphatic heterocycles. The van der Waals surface area contributed by atoms with Gasteiger partial charge in [0.2, 0.25) is 0 Å². The van der Waals surface area contributed by atoms with E-state index < -0.39 is 26.5 Å². The first kappa shape index (κ1) is 64.0. The van der Waals surface area contributed by atoms with Gasteiger partial charge in [-0.05, 0) is 12.8 Å². The van der Waals surface area contributed by atoms with Gasteiger partial charge in [0, 0.05) is 19.4 Å². The lowest BCUT2D eigenvalue weighted by Gasteiger charge is -2.19. The summed E-state index contributed by atoms with van der Waals surface area (Å²) in [5, 5.41) is 0. The van der Waals surface area contributed by atoms with E-state index in [1.165, 1.54) is 244 Å². The predicted octanol–water partition coefficient (Wildman–Crippen LogP) is 17.5. The molecular weight excluding hydrogens is 834 g/mol. The van der Waals surface area contributed by atoms with Crippen molar-refractivity contribution in [3.8, 4) is 0 Å². The van der Waals surface area contributed by atoms with Crippen LogP contribution < -0.4 is 5.73 Å². The van der Waals surface area contributed by atoms with E-state index in [4.69, 9.17) is 24.3 Å². The summed E-state index contributed by atoms with van der Waals surface area (Å²) >= 11 is 0. The van der Waals surface area contributed by atoms with E-state index in [1.807, 2.05) is 0 Å². The van der Waals surface area contributed by atoms with Crippen molar-refractivity contribution < 1.29 is 37.6 Å². The molecule has 0 bridgehead atoms. The highest BCUT2D eigenvalue weighted by Crippen LogP contribution is 2.43. The van der Waals surface area contributed by atoms with Gasteiger partial charge in [-0.1, -0.05) is 284 Å². The average molecular weight is 944 g/mol. The molecule has 0 aromatic heterocycles. The molecule has 0 fully saturated rings. The lowest BCUT2D eigenvalue weighted by atomic mass is 10.0. The first-order valence-electron chi connectivity index (χ1n) is 28.5. The normalized spacial score (nSPS) is 13.0. The Morgan fingerprint density at radius 1 is 0.400 bits per heavy atom. The smallest absolute Gasteiger partial charge is 0.462 e. The second-order valence-corrected chi connectivity index (χ2v) is 21.0. The lowest BCUT2D eigenvalue weighted by Crippen LogP contribution is -2.29. The molecule has 0 saturated carbocycles. The van der Waals surface area contributed by atoms with Crippen LogP contribution in [0, 0.1) is 0 Å². The lowest BCUT2D eigenvalue weighted by molar-refractivity contribution is -0.161. The van der Waals surface area contributed by atoms with E-state index in [1.54, 1.807) is 0 Å². The molecule has 0 amide bonds. The van der Waals surface area contributed by atoms with Gasteiger partial charge < -0.3 is 20.1 Å². The highest BCUT2D eigenvalue weighted by molar-refractivity contribution is 7.47. The van der Waals surface area contributed by atoms with E-state index in [0.29, 0.717) is 6.42 Å². The number of esters is 2. The van der Waals surface area contributed by atoms with Crippen molar-refractivity contribution in [1.29, 1.82) is 0 Å². The minimum absolute atomic E-state index is 0.0586. The number of rotatable bonds is 55. The Morgan fingerprint density at radius 2 is 0.662 bits per heavy atom. The molecule has 3 N–H and O–H groups in total. The van der Waals surface area contributed by atoms with E-state index in [2.05, 4.69) is 13.8 Å². The van der Waals surface area contributed by atoms with E-state index >= 15 is 0 Å². The van der Waals surface area contributed by atoms with Crippen molar-refractivity contribution in [3.05, 3.63) is 0 Å². The number of unbranched alkanes of at least 4 members (excludes halogenated alkanes) is 42. The second kappa shape index (κ2) is 52.4. The maximum absolute atomic E-state index is 12.7. The highest BCUT2D eigenvalue weighted by atomic mass is 31.2. The standard InChI is InChI=1S/C55H110NO8P/c1-3-5-7-9-11-13-15-17-19-21-23-25-26-28-29-31-33-35-37-39-41-43-45-47-54(57)61-51-53(52-63-65(59,60)62-50-49-56)64-55(58)48-46-44-42-40-38-36-34-32-30-27-24-22-20-18-16-14-12-10-8-6-4-2/h53H,3-52,56H2,1-2H3,(H,59,60)/t53-/m1/s1. The van der Waals surface area contributed by atoms with Gasteiger partial charge in [0.25, 0.3) is 0 Å². The van der Waals surface area contributed by atoms with Gasteiger partial charge in [-0.15, -0.1) is 0 Å². The maximum atomic E-state index is 12.7. The Labute approximate surface area is 403 Å². The highest BCUT2D eigenvalue weighted by Gasteiger charge is 2.26. The predicted molar refractivity (Wildman–Crippen MR) is 275 cm³/mol. The van der Waals surface area contributed by atoms with Crippen LogP contribution in [0.1, 0.15) is 309 Å². The molecule has 0 aliphatic carbocycles. The van der Waals surface area contributed by atoms with Crippen LogP contribution in [0.5, 0.6) is 0 Å². The summed E-state index contributed by atoms with van der Waals surface area (Å²) in [7, 11) is -4.38. The van der Waals surface area contributed by atoms with Crippen LogP contribution in [0.15, 0.2) is 0 Å². The Hall–Kier alpha value is -0.990. The second-order valence-electron chi connectivity index (χ2n) is 19.5. The van der Waals surface area contributed by atoms with E-state index in [0.717, 1.165) is 32.1 Å². The Kier molecular flexibility index (Phi) is 51.6. The molecule has 0 aliphatic rings. The number of phosphoric acid groups is 1. The van der Waals surface area contributed by atoms with E-state index in [-0.39, 0.29) is 38.6 Å². The van der Waals surface area contributed by atoms with Gasteiger partial charge >= 0.3 is 19.8 Å². The average Bonchev–Trinajstić information content (AvgIpc) is 3.30. The number of phosphoric ester groups is 1. The minimum Gasteiger partial charge on any atom is -0.462 e. The molecule has 10 heteroatoms. The number of nitrogens with two attached hydrogens (primary N) is 1. The zero-order valence-electron chi connectivity index (χ0n) is 43.3. The van der Waals surface area contributed by atoms with E-state index in [9.17, 15) is 19.0 Å². The summed E-state index contributed by atoms with van der Waals surface area (Å²) in [6, 6.07) is 0. The van der Waals surface area contributed by atoms with Crippen molar-refractivity contribution in [2.75, 3.05) is 26.4 Å². The van der Waals surface area contributed by atoms with Gasteiger partial charge in [0.05, 0.1) is 13.2 Å². The zero-order chi connectivity index (χ0) is 47.4. The summed E-state index contributed by atoms with van der Waals surface area (Å²) in [5.41, 5.74) is 5.38. The third kappa shape index (κ3) is 52.2. The van der Waals surface area contributed by atoms with Crippen LogP contribution in [0.3, 0.4) is 0 Å². The molecule has 2 atom stereocenters. The molecule has 0 radical (unpaired) electrons. The van der Waals surface area contributed by atoms with Crippen molar-refractivity contribution in [3.63, 3.8) is 0 Å². The van der Waals surface area contributed by atoms with Crippen molar-refractivity contribution in [1.82, 2.24) is 0 Å². The SMILES string of the molecule is CCCCCCCCCCCCCCCCCCCCCCCCCC(=O)OC[C@H](COP(=O)(O)OCCN)OC(=O)CCCCCCCCCCCCCCCCCCCCCCC. The topological polar surface area (TPSA) is 134 Å². The molecule has 0 rings (SSSR count). The number of ether oxygens (including phenoxy) is 2. The molecule has 65 heavy (non-hydrogen) atoms. The monoisotopic (exact) mass is 944 g/mol. The molecule has 388 valence electrons. The quantitative estimate of drug-likeness (QED) is 0.0347. The van der Waals surface area contributed by atoms with Gasteiger partial charge in [-0.2, -0.15) is 0 Å². The third-order valence-corrected chi connectivity index (χ3v) is 14.0. The fourth-order valence-electron chi connectivity index (χ4n) is 8.76. The van der Waals surface area contributed by atoms with Gasteiger partial charge in [0.1, 0.15) is 6.61 Å². The summed E-state index contributed by atoms with van der Waals surface area (Å²) in [5.74, 6) is -0.802. The molecule has 0 saturated heterocycles. The Bertz CT molecular complexity index is 1030. The molecule has 9 nitrogen and oxygen atoms in total. The first-order valence-corrected chi connectivity index (χ1v) is 30.0. The first-order chi connectivity index (χ1) is 31.8. The molecule has 1 unspecified atom stereocenters. The van der Waals surface area contributed by atoms with Gasteiger partial charge in [-0.25, -0.2) is 4.57 Å². The largest absolute Gasteiger partial charge is 0.472 e. The molecule has 0 spiro atoms. The fraction of sp³-hybridized carbons (Fsp3) is 0.964. The molecule has 0 aromatic carbocycles.